The summed E-state index contributed by atoms with van der Waals surface area (Å²) < 4.78 is 5.51. The summed E-state index contributed by atoms with van der Waals surface area (Å²) in [4.78, 5) is 26.1. The van der Waals surface area contributed by atoms with Crippen LogP contribution in [0.25, 0.3) is 0 Å². The fourth-order valence-electron chi connectivity index (χ4n) is 3.11. The predicted molar refractivity (Wildman–Crippen MR) is 103 cm³/mol. The van der Waals surface area contributed by atoms with Gasteiger partial charge < -0.3 is 15.0 Å². The standard InChI is InChI=1S/C21H24N2O3/c1-3-21(25)23-12-4-5-16-13-17(8-11-19(16)23)22-20(24)14-26-18-9-6-15(2)7-10-18/h6-11,13H,3-5,12,14H2,1-2H3,(H,22,24). The van der Waals surface area contributed by atoms with Crippen molar-refractivity contribution >= 4 is 23.2 Å². The smallest absolute Gasteiger partial charge is 0.262 e. The summed E-state index contributed by atoms with van der Waals surface area (Å²) >= 11 is 0. The highest BCUT2D eigenvalue weighted by Gasteiger charge is 2.21. The van der Waals surface area contributed by atoms with Gasteiger partial charge in [-0.05, 0) is 55.7 Å². The zero-order valence-corrected chi connectivity index (χ0v) is 15.2. The molecule has 2 aromatic carbocycles. The first-order valence-corrected chi connectivity index (χ1v) is 8.99. The molecule has 0 aliphatic carbocycles. The lowest BCUT2D eigenvalue weighted by molar-refractivity contribution is -0.119. The molecule has 0 saturated heterocycles. The van der Waals surface area contributed by atoms with Crippen molar-refractivity contribution in [3.63, 3.8) is 0 Å². The largest absolute Gasteiger partial charge is 0.484 e. The molecule has 0 aromatic heterocycles. The van der Waals surface area contributed by atoms with Gasteiger partial charge in [0.1, 0.15) is 5.75 Å². The Morgan fingerprint density at radius 2 is 1.92 bits per heavy atom. The van der Waals surface area contributed by atoms with E-state index in [-0.39, 0.29) is 18.4 Å². The van der Waals surface area contributed by atoms with Gasteiger partial charge in [0.05, 0.1) is 0 Å². The van der Waals surface area contributed by atoms with Crippen LogP contribution >= 0.6 is 0 Å². The van der Waals surface area contributed by atoms with Crippen molar-refractivity contribution in [3.8, 4) is 5.75 Å². The maximum atomic E-state index is 12.1. The topological polar surface area (TPSA) is 58.6 Å². The molecule has 0 spiro atoms. The second kappa shape index (κ2) is 8.04. The molecule has 2 aromatic rings. The molecule has 1 heterocycles. The van der Waals surface area contributed by atoms with Crippen LogP contribution < -0.4 is 15.0 Å². The molecule has 0 bridgehead atoms. The molecule has 1 aliphatic heterocycles. The van der Waals surface area contributed by atoms with E-state index in [1.807, 2.05) is 61.2 Å². The third-order valence-corrected chi connectivity index (χ3v) is 4.48. The van der Waals surface area contributed by atoms with Gasteiger partial charge in [0.2, 0.25) is 5.91 Å². The summed E-state index contributed by atoms with van der Waals surface area (Å²) in [5, 5.41) is 2.86. The molecule has 26 heavy (non-hydrogen) atoms. The summed E-state index contributed by atoms with van der Waals surface area (Å²) in [5.74, 6) is 0.599. The van der Waals surface area contributed by atoms with Crippen molar-refractivity contribution in [2.45, 2.75) is 33.1 Å². The van der Waals surface area contributed by atoms with Crippen LogP contribution in [0.4, 0.5) is 11.4 Å². The fourth-order valence-corrected chi connectivity index (χ4v) is 3.11. The molecule has 5 nitrogen and oxygen atoms in total. The number of hydrogen-bond acceptors (Lipinski definition) is 3. The van der Waals surface area contributed by atoms with E-state index in [0.717, 1.165) is 41.9 Å². The van der Waals surface area contributed by atoms with E-state index in [9.17, 15) is 9.59 Å². The Hall–Kier alpha value is -2.82. The van der Waals surface area contributed by atoms with Gasteiger partial charge in [-0.3, -0.25) is 9.59 Å². The van der Waals surface area contributed by atoms with Gasteiger partial charge in [0.25, 0.3) is 5.91 Å². The molecule has 0 saturated carbocycles. The van der Waals surface area contributed by atoms with Crippen molar-refractivity contribution in [1.29, 1.82) is 0 Å². The number of rotatable bonds is 5. The van der Waals surface area contributed by atoms with Crippen molar-refractivity contribution < 1.29 is 14.3 Å². The molecule has 0 radical (unpaired) electrons. The average Bonchev–Trinajstić information content (AvgIpc) is 2.66. The fraction of sp³-hybridized carbons (Fsp3) is 0.333. The maximum Gasteiger partial charge on any atom is 0.262 e. The Morgan fingerprint density at radius 3 is 2.65 bits per heavy atom. The number of hydrogen-bond donors (Lipinski definition) is 1. The average molecular weight is 352 g/mol. The second-order valence-electron chi connectivity index (χ2n) is 6.50. The number of carbonyl (C=O) groups is 2. The predicted octanol–water partition coefficient (Wildman–Crippen LogP) is 3.70. The second-order valence-corrected chi connectivity index (χ2v) is 6.50. The molecule has 0 unspecified atom stereocenters. The van der Waals surface area contributed by atoms with E-state index in [1.54, 1.807) is 0 Å². The highest BCUT2D eigenvalue weighted by molar-refractivity contribution is 5.96. The van der Waals surface area contributed by atoms with Crippen molar-refractivity contribution in [1.82, 2.24) is 0 Å². The number of benzene rings is 2. The number of ether oxygens (including phenoxy) is 1. The molecule has 0 atom stereocenters. The first-order valence-electron chi connectivity index (χ1n) is 8.99. The zero-order chi connectivity index (χ0) is 18.5. The lowest BCUT2D eigenvalue weighted by Gasteiger charge is -2.29. The minimum atomic E-state index is -0.206. The summed E-state index contributed by atoms with van der Waals surface area (Å²) in [7, 11) is 0. The van der Waals surface area contributed by atoms with Crippen LogP contribution in [-0.4, -0.2) is 25.0 Å². The normalized spacial score (nSPS) is 13.1. The van der Waals surface area contributed by atoms with Crippen LogP contribution in [0.1, 0.15) is 30.9 Å². The van der Waals surface area contributed by atoms with E-state index >= 15 is 0 Å². The van der Waals surface area contributed by atoms with Crippen LogP contribution in [0, 0.1) is 6.92 Å². The molecular weight excluding hydrogens is 328 g/mol. The van der Waals surface area contributed by atoms with Crippen molar-refractivity contribution in [2.24, 2.45) is 0 Å². The summed E-state index contributed by atoms with van der Waals surface area (Å²) in [5.41, 5.74) is 3.92. The Morgan fingerprint density at radius 1 is 1.15 bits per heavy atom. The van der Waals surface area contributed by atoms with Crippen LogP contribution in [-0.2, 0) is 16.0 Å². The monoisotopic (exact) mass is 352 g/mol. The zero-order valence-electron chi connectivity index (χ0n) is 15.2. The molecular formula is C21H24N2O3. The molecule has 1 N–H and O–H groups in total. The summed E-state index contributed by atoms with van der Waals surface area (Å²) in [6.07, 6.45) is 2.34. The Balaban J connectivity index is 1.62. The third kappa shape index (κ3) is 4.23. The van der Waals surface area contributed by atoms with Gasteiger partial charge >= 0.3 is 0 Å². The third-order valence-electron chi connectivity index (χ3n) is 4.48. The minimum absolute atomic E-state index is 0.0411. The Labute approximate surface area is 154 Å². The maximum absolute atomic E-state index is 12.1. The van der Waals surface area contributed by atoms with Gasteiger partial charge in [-0.25, -0.2) is 0 Å². The Bertz CT molecular complexity index is 799. The number of nitrogens with zero attached hydrogens (tertiary/aromatic N) is 1. The summed E-state index contributed by atoms with van der Waals surface area (Å²) in [6.45, 7) is 4.59. The minimum Gasteiger partial charge on any atom is -0.484 e. The van der Waals surface area contributed by atoms with Crippen molar-refractivity contribution in [3.05, 3.63) is 53.6 Å². The highest BCUT2D eigenvalue weighted by Crippen LogP contribution is 2.30. The van der Waals surface area contributed by atoms with E-state index in [4.69, 9.17) is 4.74 Å². The lowest BCUT2D eigenvalue weighted by atomic mass is 10.0. The van der Waals surface area contributed by atoms with E-state index in [1.165, 1.54) is 0 Å². The first-order chi connectivity index (χ1) is 12.6. The first kappa shape index (κ1) is 18.0. The quantitative estimate of drug-likeness (QED) is 0.892. The highest BCUT2D eigenvalue weighted by atomic mass is 16.5. The van der Waals surface area contributed by atoms with Crippen LogP contribution in [0.15, 0.2) is 42.5 Å². The molecule has 136 valence electrons. The molecule has 2 amide bonds. The number of carbonyl (C=O) groups excluding carboxylic acids is 2. The van der Waals surface area contributed by atoms with Crippen LogP contribution in [0.2, 0.25) is 0 Å². The number of amides is 2. The molecule has 0 fully saturated rings. The summed E-state index contributed by atoms with van der Waals surface area (Å²) in [6, 6.07) is 13.3. The van der Waals surface area contributed by atoms with Crippen molar-refractivity contribution in [2.75, 3.05) is 23.4 Å². The number of fused-ring (bicyclic) bond motifs is 1. The van der Waals surface area contributed by atoms with E-state index in [2.05, 4.69) is 5.32 Å². The number of aryl methyl sites for hydroxylation is 2. The van der Waals surface area contributed by atoms with Gasteiger partial charge in [-0.2, -0.15) is 0 Å². The Kier molecular flexibility index (Phi) is 5.56. The van der Waals surface area contributed by atoms with Crippen LogP contribution in [0.5, 0.6) is 5.75 Å². The van der Waals surface area contributed by atoms with Crippen LogP contribution in [0.3, 0.4) is 0 Å². The van der Waals surface area contributed by atoms with Gasteiger partial charge in [0.15, 0.2) is 6.61 Å². The number of anilines is 2. The molecule has 1 aliphatic rings. The van der Waals surface area contributed by atoms with E-state index in [0.29, 0.717) is 12.2 Å². The van der Waals surface area contributed by atoms with Gasteiger partial charge in [-0.15, -0.1) is 0 Å². The van der Waals surface area contributed by atoms with Gasteiger partial charge in [0, 0.05) is 24.3 Å². The number of nitrogens with one attached hydrogen (secondary N) is 1. The van der Waals surface area contributed by atoms with Gasteiger partial charge in [-0.1, -0.05) is 24.6 Å². The molecule has 5 heteroatoms. The van der Waals surface area contributed by atoms with E-state index < -0.39 is 0 Å². The molecule has 3 rings (SSSR count). The lowest BCUT2D eigenvalue weighted by Crippen LogP contribution is -2.34. The SMILES string of the molecule is CCC(=O)N1CCCc2cc(NC(=O)COc3ccc(C)cc3)ccc21.